The van der Waals surface area contributed by atoms with Gasteiger partial charge in [0.05, 0.1) is 4.91 Å². The lowest BCUT2D eigenvalue weighted by molar-refractivity contribution is -0.138. The molecule has 9 nitrogen and oxygen atoms in total. The molecule has 1 aromatic rings. The van der Waals surface area contributed by atoms with E-state index in [1.807, 2.05) is 71.1 Å². The molecule has 0 spiro atoms. The Morgan fingerprint density at radius 3 is 2.38 bits per heavy atom. The minimum absolute atomic E-state index is 0.318. The lowest BCUT2D eigenvalue weighted by Gasteiger charge is -2.21. The first-order chi connectivity index (χ1) is 19.0. The van der Waals surface area contributed by atoms with Gasteiger partial charge in [-0.25, -0.2) is 13.1 Å². The predicted molar refractivity (Wildman–Crippen MR) is 169 cm³/mol. The molecule has 0 atom stereocenters. The number of likely N-dealkylation sites (N-methyl/N-ethyl adjacent to an activating group) is 1. The Hall–Kier alpha value is -2.24. The summed E-state index contributed by atoms with van der Waals surface area (Å²) in [4.78, 5) is 14.4. The van der Waals surface area contributed by atoms with Crippen molar-refractivity contribution in [2.24, 2.45) is 0 Å². The van der Waals surface area contributed by atoms with Gasteiger partial charge in [0.15, 0.2) is 0 Å². The van der Waals surface area contributed by atoms with E-state index in [1.54, 1.807) is 0 Å². The topological polar surface area (TPSA) is 103 Å². The van der Waals surface area contributed by atoms with Crippen molar-refractivity contribution in [1.29, 1.82) is 0 Å². The van der Waals surface area contributed by atoms with Crippen LogP contribution in [-0.4, -0.2) is 92.3 Å². The van der Waals surface area contributed by atoms with E-state index >= 15 is 0 Å². The van der Waals surface area contributed by atoms with E-state index in [0.29, 0.717) is 24.3 Å². The van der Waals surface area contributed by atoms with Gasteiger partial charge in [0.1, 0.15) is 5.60 Å². The van der Waals surface area contributed by atoms with Crippen LogP contribution >= 0.6 is 0 Å². The number of sulfonamides is 1. The number of nitrogens with zero attached hydrogens (tertiary/aromatic N) is 2. The summed E-state index contributed by atoms with van der Waals surface area (Å²) in [6.45, 7) is 14.4. The van der Waals surface area contributed by atoms with E-state index in [1.165, 1.54) is 0 Å². The van der Waals surface area contributed by atoms with Crippen LogP contribution in [0.3, 0.4) is 0 Å². The van der Waals surface area contributed by atoms with Gasteiger partial charge in [0, 0.05) is 50.5 Å². The number of carbonyl (C=O) groups is 1. The molecule has 0 saturated heterocycles. The SMILES string of the molecule is CC(C)(C)OC=O.CCN(CCCNC)CCNCCCNS(=O)(=O)/C1=C/CC/C=C\c2c1cccc2N(C)C. The highest BCUT2D eigenvalue weighted by molar-refractivity contribution is 7.98. The number of hydrogen-bond acceptors (Lipinski definition) is 8. The molecule has 1 aliphatic rings. The van der Waals surface area contributed by atoms with Crippen LogP contribution in [-0.2, 0) is 19.6 Å². The third kappa shape index (κ3) is 13.9. The molecule has 10 heteroatoms. The van der Waals surface area contributed by atoms with Gasteiger partial charge in [-0.2, -0.15) is 0 Å². The molecule has 0 aromatic heterocycles. The molecule has 0 bridgehead atoms. The van der Waals surface area contributed by atoms with Crippen LogP contribution in [0.15, 0.2) is 30.4 Å². The summed E-state index contributed by atoms with van der Waals surface area (Å²) < 4.78 is 33.7. The summed E-state index contributed by atoms with van der Waals surface area (Å²) in [5.41, 5.74) is 2.42. The number of fused-ring (bicyclic) bond motifs is 1. The van der Waals surface area contributed by atoms with Gasteiger partial charge in [0.25, 0.3) is 6.47 Å². The van der Waals surface area contributed by atoms with Crippen molar-refractivity contribution >= 4 is 33.2 Å². The average molecular weight is 580 g/mol. The Labute approximate surface area is 243 Å². The van der Waals surface area contributed by atoms with Crippen molar-refractivity contribution in [3.8, 4) is 0 Å². The lowest BCUT2D eigenvalue weighted by atomic mass is 10.0. The number of rotatable bonds is 16. The smallest absolute Gasteiger partial charge is 0.293 e. The van der Waals surface area contributed by atoms with Gasteiger partial charge < -0.3 is 25.2 Å². The minimum Gasteiger partial charge on any atom is -0.462 e. The number of hydrogen-bond donors (Lipinski definition) is 3. The first-order valence-corrected chi connectivity index (χ1v) is 15.8. The molecule has 0 aliphatic heterocycles. The normalized spacial score (nSPS) is 15.6. The van der Waals surface area contributed by atoms with E-state index in [9.17, 15) is 13.2 Å². The van der Waals surface area contributed by atoms with E-state index in [0.717, 1.165) is 75.3 Å². The second-order valence-electron chi connectivity index (χ2n) is 10.9. The quantitative estimate of drug-likeness (QED) is 0.201. The molecular weight excluding hydrogens is 526 g/mol. The highest BCUT2D eigenvalue weighted by atomic mass is 32.2. The zero-order valence-corrected chi connectivity index (χ0v) is 26.6. The summed E-state index contributed by atoms with van der Waals surface area (Å²) in [6, 6.07) is 5.85. The summed E-state index contributed by atoms with van der Waals surface area (Å²) in [7, 11) is 2.36. The van der Waals surface area contributed by atoms with Crippen molar-refractivity contribution in [2.75, 3.05) is 71.9 Å². The second-order valence-corrected chi connectivity index (χ2v) is 12.6. The molecule has 0 heterocycles. The first kappa shape index (κ1) is 35.8. The van der Waals surface area contributed by atoms with Crippen LogP contribution in [0.4, 0.5) is 5.69 Å². The molecule has 0 saturated carbocycles. The lowest BCUT2D eigenvalue weighted by Crippen LogP contribution is -2.35. The highest BCUT2D eigenvalue weighted by Gasteiger charge is 2.23. The van der Waals surface area contributed by atoms with Crippen LogP contribution in [0.2, 0.25) is 0 Å². The van der Waals surface area contributed by atoms with E-state index in [4.69, 9.17) is 0 Å². The Bertz CT molecular complexity index is 1030. The molecule has 1 aromatic carbocycles. The van der Waals surface area contributed by atoms with Gasteiger partial charge in [0.2, 0.25) is 10.0 Å². The number of allylic oxidation sites excluding steroid dienone is 2. The maximum absolute atomic E-state index is 13.2. The zero-order valence-electron chi connectivity index (χ0n) is 25.8. The number of ether oxygens (including phenoxy) is 1. The van der Waals surface area contributed by atoms with Crippen LogP contribution in [0, 0.1) is 0 Å². The standard InChI is InChI=1S/C25H43N5O2S.C5H10O2/c1-5-30(20-11-16-26-2)21-19-27-17-10-18-28-33(31,32)25-15-8-6-7-12-22-23(25)13-9-14-24(22)29(3)4;1-5(2,3)7-4-6/h7,9,12-15,26-28H,5-6,8,10-11,16-21H2,1-4H3;4H,1-3H3/b12-7-,25-15+;. The fourth-order valence-electron chi connectivity index (χ4n) is 4.12. The summed E-state index contributed by atoms with van der Waals surface area (Å²) in [5, 5.41) is 6.62. The van der Waals surface area contributed by atoms with Crippen molar-refractivity contribution in [1.82, 2.24) is 20.3 Å². The third-order valence-electron chi connectivity index (χ3n) is 6.24. The molecule has 40 heavy (non-hydrogen) atoms. The molecule has 0 amide bonds. The maximum Gasteiger partial charge on any atom is 0.293 e. The van der Waals surface area contributed by atoms with Gasteiger partial charge in [-0.05, 0) is 85.7 Å². The van der Waals surface area contributed by atoms with Crippen LogP contribution in [0.25, 0.3) is 11.0 Å². The molecule has 228 valence electrons. The van der Waals surface area contributed by atoms with E-state index in [-0.39, 0.29) is 5.60 Å². The third-order valence-corrected chi connectivity index (χ3v) is 7.79. The fraction of sp³-hybridized carbons (Fsp3) is 0.633. The highest BCUT2D eigenvalue weighted by Crippen LogP contribution is 2.33. The van der Waals surface area contributed by atoms with Crippen molar-refractivity contribution in [2.45, 2.75) is 59.0 Å². The van der Waals surface area contributed by atoms with Gasteiger partial charge in [-0.3, -0.25) is 4.79 Å². The summed E-state index contributed by atoms with van der Waals surface area (Å²) in [6.07, 6.45) is 9.46. The molecule has 0 radical (unpaired) electrons. The van der Waals surface area contributed by atoms with Gasteiger partial charge >= 0.3 is 0 Å². The van der Waals surface area contributed by atoms with Crippen LogP contribution < -0.4 is 20.3 Å². The number of anilines is 1. The second kappa shape index (κ2) is 19.0. The van der Waals surface area contributed by atoms with Crippen molar-refractivity contribution in [3.05, 3.63) is 41.5 Å². The Kier molecular flexibility index (Phi) is 17.0. The molecule has 1 aliphatic carbocycles. The number of carbonyl (C=O) groups excluding carboxylic acids is 1. The largest absolute Gasteiger partial charge is 0.462 e. The van der Waals surface area contributed by atoms with Crippen molar-refractivity contribution in [3.63, 3.8) is 0 Å². The summed E-state index contributed by atoms with van der Waals surface area (Å²) in [5.74, 6) is 0. The van der Waals surface area contributed by atoms with Crippen LogP contribution in [0.5, 0.6) is 0 Å². The van der Waals surface area contributed by atoms with Crippen molar-refractivity contribution < 1.29 is 17.9 Å². The molecule has 3 N–H and O–H groups in total. The van der Waals surface area contributed by atoms with Crippen LogP contribution in [0.1, 0.15) is 64.5 Å². The number of nitrogens with one attached hydrogen (secondary N) is 3. The fourth-order valence-corrected chi connectivity index (χ4v) is 5.49. The predicted octanol–water partition coefficient (Wildman–Crippen LogP) is 3.69. The molecule has 0 fully saturated rings. The van der Waals surface area contributed by atoms with Gasteiger partial charge in [-0.15, -0.1) is 0 Å². The average Bonchev–Trinajstić information content (AvgIpc) is 2.86. The Morgan fingerprint density at radius 2 is 1.77 bits per heavy atom. The van der Waals surface area contributed by atoms with E-state index in [2.05, 4.69) is 44.1 Å². The zero-order chi connectivity index (χ0) is 30.0. The monoisotopic (exact) mass is 579 g/mol. The summed E-state index contributed by atoms with van der Waals surface area (Å²) >= 11 is 0. The first-order valence-electron chi connectivity index (χ1n) is 14.3. The Balaban J connectivity index is 0.00000101. The molecular formula is C30H53N5O4S. The molecule has 2 rings (SSSR count). The maximum atomic E-state index is 13.2. The van der Waals surface area contributed by atoms with E-state index < -0.39 is 10.0 Å². The number of benzene rings is 1. The molecule has 0 unspecified atom stereocenters. The Morgan fingerprint density at radius 1 is 1.02 bits per heavy atom. The van der Waals surface area contributed by atoms with Gasteiger partial charge in [-0.1, -0.05) is 37.3 Å². The minimum atomic E-state index is -3.58.